The second kappa shape index (κ2) is 5.52. The predicted molar refractivity (Wildman–Crippen MR) is 73.7 cm³/mol. The quantitative estimate of drug-likeness (QED) is 0.679. The Balaban J connectivity index is 2.46. The number of aromatic nitrogens is 2. The third-order valence-corrected chi connectivity index (χ3v) is 2.75. The number of anilines is 1. The van der Waals surface area contributed by atoms with Crippen LogP contribution in [0.15, 0.2) is 30.6 Å². The van der Waals surface area contributed by atoms with Gasteiger partial charge in [-0.1, -0.05) is 32.0 Å². The zero-order chi connectivity index (χ0) is 14.7. The molecule has 1 aromatic heterocycles. The van der Waals surface area contributed by atoms with Gasteiger partial charge in [-0.25, -0.2) is 4.98 Å². The first-order valence-electron chi connectivity index (χ1n) is 6.02. The molecule has 0 saturated heterocycles. The molecule has 0 atom stereocenters. The van der Waals surface area contributed by atoms with Crippen LogP contribution in [0.4, 0.5) is 11.5 Å². The van der Waals surface area contributed by atoms with Gasteiger partial charge >= 0.3 is 11.6 Å². The van der Waals surface area contributed by atoms with Gasteiger partial charge in [-0.15, -0.1) is 0 Å². The first-order valence-corrected chi connectivity index (χ1v) is 6.02. The zero-order valence-electron chi connectivity index (χ0n) is 11.1. The van der Waals surface area contributed by atoms with Gasteiger partial charge in [0.2, 0.25) is 5.82 Å². The second-order valence-electron chi connectivity index (χ2n) is 4.46. The zero-order valence-corrected chi connectivity index (χ0v) is 11.1. The fraction of sp³-hybridized carbons (Fsp3) is 0.231. The van der Waals surface area contributed by atoms with E-state index in [9.17, 15) is 10.1 Å². The highest BCUT2D eigenvalue weighted by Crippen LogP contribution is 2.35. The summed E-state index contributed by atoms with van der Waals surface area (Å²) >= 11 is 0. The van der Waals surface area contributed by atoms with Crippen molar-refractivity contribution in [2.24, 2.45) is 0 Å². The number of nitrogens with zero attached hydrogens (tertiary/aromatic N) is 3. The molecule has 20 heavy (non-hydrogen) atoms. The lowest BCUT2D eigenvalue weighted by molar-refractivity contribution is -0.385. The van der Waals surface area contributed by atoms with Crippen LogP contribution in [0.3, 0.4) is 0 Å². The fourth-order valence-corrected chi connectivity index (χ4v) is 1.78. The first-order chi connectivity index (χ1) is 9.50. The van der Waals surface area contributed by atoms with Crippen molar-refractivity contribution in [2.45, 2.75) is 19.8 Å². The monoisotopic (exact) mass is 274 g/mol. The van der Waals surface area contributed by atoms with Crippen molar-refractivity contribution < 1.29 is 9.66 Å². The normalized spacial score (nSPS) is 10.6. The number of nitrogen functional groups attached to an aromatic ring is 1. The van der Waals surface area contributed by atoms with Crippen LogP contribution in [0.25, 0.3) is 0 Å². The Morgan fingerprint density at radius 3 is 2.65 bits per heavy atom. The van der Waals surface area contributed by atoms with Crippen molar-refractivity contribution in [3.8, 4) is 11.6 Å². The Kier molecular flexibility index (Phi) is 3.79. The summed E-state index contributed by atoms with van der Waals surface area (Å²) < 4.78 is 5.57. The van der Waals surface area contributed by atoms with Crippen LogP contribution < -0.4 is 10.5 Å². The Morgan fingerprint density at radius 2 is 2.00 bits per heavy atom. The molecule has 1 aromatic carbocycles. The molecule has 0 unspecified atom stereocenters. The molecule has 7 nitrogen and oxygen atoms in total. The summed E-state index contributed by atoms with van der Waals surface area (Å²) in [6.07, 6.45) is 1.13. The number of ether oxygens (including phenoxy) is 1. The smallest absolute Gasteiger partial charge is 0.372 e. The van der Waals surface area contributed by atoms with E-state index in [0.29, 0.717) is 5.75 Å². The molecule has 0 saturated carbocycles. The molecule has 2 N–H and O–H groups in total. The third-order valence-electron chi connectivity index (χ3n) is 2.75. The van der Waals surface area contributed by atoms with Crippen LogP contribution in [-0.2, 0) is 0 Å². The van der Waals surface area contributed by atoms with E-state index in [0.717, 1.165) is 11.9 Å². The molecule has 0 bridgehead atoms. The molecule has 0 fully saturated rings. The van der Waals surface area contributed by atoms with Crippen LogP contribution in [0, 0.1) is 10.1 Å². The Hall–Kier alpha value is -2.70. The van der Waals surface area contributed by atoms with Crippen molar-refractivity contribution >= 4 is 11.5 Å². The molecule has 0 aliphatic heterocycles. The van der Waals surface area contributed by atoms with Gasteiger partial charge in [-0.3, -0.25) is 10.1 Å². The Morgan fingerprint density at radius 1 is 1.30 bits per heavy atom. The van der Waals surface area contributed by atoms with Crippen molar-refractivity contribution in [3.05, 3.63) is 46.3 Å². The number of nitro groups is 1. The molecule has 2 aromatic rings. The minimum absolute atomic E-state index is 0.157. The summed E-state index contributed by atoms with van der Waals surface area (Å²) in [5.41, 5.74) is 6.01. The maximum Gasteiger partial charge on any atom is 0.372 e. The molecule has 0 aliphatic carbocycles. The lowest BCUT2D eigenvalue weighted by Crippen LogP contribution is -2.03. The van der Waals surface area contributed by atoms with E-state index in [1.165, 1.54) is 0 Å². The van der Waals surface area contributed by atoms with Gasteiger partial charge in [0.25, 0.3) is 0 Å². The van der Waals surface area contributed by atoms with E-state index in [4.69, 9.17) is 10.5 Å². The largest absolute Gasteiger partial charge is 0.433 e. The minimum atomic E-state index is -0.650. The third kappa shape index (κ3) is 2.66. The molecular formula is C13H14N4O3. The van der Waals surface area contributed by atoms with Gasteiger partial charge in [0.1, 0.15) is 12.1 Å². The molecular weight excluding hydrogens is 260 g/mol. The van der Waals surface area contributed by atoms with Gasteiger partial charge in [0.05, 0.1) is 4.92 Å². The Bertz CT molecular complexity index is 643. The van der Waals surface area contributed by atoms with Gasteiger partial charge in [-0.2, -0.15) is 4.98 Å². The number of nitrogens with two attached hydrogens (primary N) is 1. The number of para-hydroxylation sites is 1. The maximum atomic E-state index is 11.0. The van der Waals surface area contributed by atoms with Crippen LogP contribution in [-0.4, -0.2) is 14.9 Å². The lowest BCUT2D eigenvalue weighted by atomic mass is 10.0. The number of hydrogen-bond acceptors (Lipinski definition) is 6. The van der Waals surface area contributed by atoms with Crippen LogP contribution in [0.5, 0.6) is 11.6 Å². The maximum absolute atomic E-state index is 11.0. The van der Waals surface area contributed by atoms with E-state index in [1.807, 2.05) is 26.0 Å². The average Bonchev–Trinajstić information content (AvgIpc) is 2.38. The molecule has 0 spiro atoms. The fourth-order valence-electron chi connectivity index (χ4n) is 1.78. The second-order valence-corrected chi connectivity index (χ2v) is 4.46. The summed E-state index contributed by atoms with van der Waals surface area (Å²) in [7, 11) is 0. The van der Waals surface area contributed by atoms with Crippen LogP contribution >= 0.6 is 0 Å². The molecule has 1 heterocycles. The highest BCUT2D eigenvalue weighted by atomic mass is 16.6. The lowest BCUT2D eigenvalue weighted by Gasteiger charge is -2.12. The van der Waals surface area contributed by atoms with Crippen molar-refractivity contribution in [2.75, 3.05) is 5.73 Å². The number of benzene rings is 1. The SMILES string of the molecule is CC(C)c1ccccc1Oc1ncnc(N)c1[N+](=O)[O-]. The minimum Gasteiger partial charge on any atom is -0.433 e. The molecule has 2 rings (SSSR count). The van der Waals surface area contributed by atoms with Gasteiger partial charge in [0.15, 0.2) is 0 Å². The van der Waals surface area contributed by atoms with Crippen LogP contribution in [0.2, 0.25) is 0 Å². The van der Waals surface area contributed by atoms with Gasteiger partial charge in [0, 0.05) is 0 Å². The van der Waals surface area contributed by atoms with Crippen molar-refractivity contribution in [3.63, 3.8) is 0 Å². The average molecular weight is 274 g/mol. The van der Waals surface area contributed by atoms with Crippen molar-refractivity contribution in [1.29, 1.82) is 0 Å². The van der Waals surface area contributed by atoms with E-state index in [1.54, 1.807) is 12.1 Å². The van der Waals surface area contributed by atoms with Crippen molar-refractivity contribution in [1.82, 2.24) is 9.97 Å². The summed E-state index contributed by atoms with van der Waals surface area (Å²) in [5.74, 6) is 0.353. The first kappa shape index (κ1) is 13.7. The summed E-state index contributed by atoms with van der Waals surface area (Å²) in [4.78, 5) is 17.8. The van der Waals surface area contributed by atoms with E-state index in [2.05, 4.69) is 9.97 Å². The number of hydrogen-bond donors (Lipinski definition) is 1. The standard InChI is InChI=1S/C13H14N4O3/c1-8(2)9-5-3-4-6-10(9)20-13-11(17(18)19)12(14)15-7-16-13/h3-8H,1-2H3,(H2,14,15,16). The molecule has 104 valence electrons. The molecule has 0 radical (unpaired) electrons. The highest BCUT2D eigenvalue weighted by molar-refractivity contribution is 5.59. The molecule has 0 aliphatic rings. The summed E-state index contributed by atoms with van der Waals surface area (Å²) in [6.45, 7) is 4.01. The van der Waals surface area contributed by atoms with E-state index >= 15 is 0 Å². The van der Waals surface area contributed by atoms with Crippen LogP contribution in [0.1, 0.15) is 25.3 Å². The van der Waals surface area contributed by atoms with Gasteiger partial charge < -0.3 is 10.5 Å². The summed E-state index contributed by atoms with van der Waals surface area (Å²) in [5, 5.41) is 11.0. The highest BCUT2D eigenvalue weighted by Gasteiger charge is 2.23. The predicted octanol–water partition coefficient (Wildman–Crippen LogP) is 2.88. The molecule has 7 heteroatoms. The van der Waals surface area contributed by atoms with E-state index in [-0.39, 0.29) is 17.6 Å². The number of rotatable bonds is 4. The Labute approximate surface area is 115 Å². The summed E-state index contributed by atoms with van der Waals surface area (Å²) in [6, 6.07) is 7.30. The van der Waals surface area contributed by atoms with Gasteiger partial charge in [-0.05, 0) is 17.5 Å². The topological polar surface area (TPSA) is 104 Å². The van der Waals surface area contributed by atoms with E-state index < -0.39 is 10.6 Å². The molecule has 0 amide bonds.